The number of ether oxygens (including phenoxy) is 3. The second-order valence-electron chi connectivity index (χ2n) is 4.60. The number of benzene rings is 1. The molecular weight excluding hydrogens is 244 g/mol. The predicted octanol–water partition coefficient (Wildman–Crippen LogP) is 2.93. The highest BCUT2D eigenvalue weighted by Gasteiger charge is 2.20. The van der Waals surface area contributed by atoms with Gasteiger partial charge >= 0.3 is 5.97 Å². The Morgan fingerprint density at radius 3 is 2.32 bits per heavy atom. The summed E-state index contributed by atoms with van der Waals surface area (Å²) in [6, 6.07) is 4.13. The quantitative estimate of drug-likeness (QED) is 0.783. The topological polar surface area (TPSA) is 44.8 Å². The summed E-state index contributed by atoms with van der Waals surface area (Å²) in [6.45, 7) is 4.05. The Morgan fingerprint density at radius 1 is 1.21 bits per heavy atom. The third kappa shape index (κ3) is 3.08. The van der Waals surface area contributed by atoms with Crippen LogP contribution in [0.5, 0.6) is 0 Å². The standard InChI is InChI=1S/C15H18O4/c1-10-8-12(4-5-13(16)17-3)9-11(2)14(10)15-18-6-7-19-15/h6-9,15H,4-5H2,1-3H3. The lowest BCUT2D eigenvalue weighted by molar-refractivity contribution is -0.140. The molecule has 1 aromatic carbocycles. The Hall–Kier alpha value is -1.97. The predicted molar refractivity (Wildman–Crippen MR) is 70.3 cm³/mol. The smallest absolute Gasteiger partial charge is 0.305 e. The number of aryl methyl sites for hydroxylation is 3. The van der Waals surface area contributed by atoms with Gasteiger partial charge in [0.1, 0.15) is 12.5 Å². The summed E-state index contributed by atoms with van der Waals surface area (Å²) in [5.74, 6) is -0.189. The van der Waals surface area contributed by atoms with Crippen LogP contribution in [-0.4, -0.2) is 13.1 Å². The van der Waals surface area contributed by atoms with Gasteiger partial charge in [-0.2, -0.15) is 0 Å². The molecule has 0 atom stereocenters. The molecule has 0 fully saturated rings. The number of hydrogen-bond donors (Lipinski definition) is 0. The van der Waals surface area contributed by atoms with Crippen LogP contribution in [-0.2, 0) is 25.4 Å². The van der Waals surface area contributed by atoms with Crippen LogP contribution in [0.15, 0.2) is 24.7 Å². The monoisotopic (exact) mass is 262 g/mol. The summed E-state index contributed by atoms with van der Waals surface area (Å²) in [5, 5.41) is 0. The van der Waals surface area contributed by atoms with E-state index < -0.39 is 0 Å². The molecule has 0 spiro atoms. The third-order valence-electron chi connectivity index (χ3n) is 3.19. The van der Waals surface area contributed by atoms with Crippen molar-refractivity contribution in [2.24, 2.45) is 0 Å². The fraction of sp³-hybridized carbons (Fsp3) is 0.400. The van der Waals surface area contributed by atoms with Gasteiger partial charge in [0.05, 0.1) is 7.11 Å². The lowest BCUT2D eigenvalue weighted by atomic mass is 9.97. The van der Waals surface area contributed by atoms with Crippen molar-refractivity contribution < 1.29 is 19.0 Å². The zero-order valence-corrected chi connectivity index (χ0v) is 11.4. The molecule has 4 nitrogen and oxygen atoms in total. The first-order valence-corrected chi connectivity index (χ1v) is 6.24. The Bertz CT molecular complexity index is 474. The average molecular weight is 262 g/mol. The summed E-state index contributed by atoms with van der Waals surface area (Å²) in [6.07, 6.45) is 3.82. The van der Waals surface area contributed by atoms with Crippen molar-refractivity contribution in [1.29, 1.82) is 0 Å². The fourth-order valence-electron chi connectivity index (χ4n) is 2.30. The van der Waals surface area contributed by atoms with Gasteiger partial charge in [0, 0.05) is 12.0 Å². The highest BCUT2D eigenvalue weighted by Crippen LogP contribution is 2.30. The van der Waals surface area contributed by atoms with Gasteiger partial charge < -0.3 is 14.2 Å². The molecule has 0 saturated carbocycles. The lowest BCUT2D eigenvalue weighted by Crippen LogP contribution is -2.06. The number of rotatable bonds is 4. The average Bonchev–Trinajstić information content (AvgIpc) is 2.88. The normalized spacial score (nSPS) is 14.1. The summed E-state index contributed by atoms with van der Waals surface area (Å²) in [5.41, 5.74) is 4.38. The Labute approximate surface area is 113 Å². The first kappa shape index (κ1) is 13.5. The van der Waals surface area contributed by atoms with Crippen LogP contribution >= 0.6 is 0 Å². The van der Waals surface area contributed by atoms with Crippen LogP contribution in [0.1, 0.15) is 35.0 Å². The number of carbonyl (C=O) groups excluding carboxylic acids is 1. The molecule has 0 amide bonds. The Kier molecular flexibility index (Phi) is 4.10. The molecule has 0 radical (unpaired) electrons. The molecule has 0 unspecified atom stereocenters. The van der Waals surface area contributed by atoms with Crippen molar-refractivity contribution in [3.8, 4) is 0 Å². The van der Waals surface area contributed by atoms with Crippen molar-refractivity contribution in [2.45, 2.75) is 33.0 Å². The van der Waals surface area contributed by atoms with Crippen molar-refractivity contribution in [3.63, 3.8) is 0 Å². The minimum absolute atomic E-state index is 0.189. The van der Waals surface area contributed by atoms with Gasteiger partial charge in [0.25, 0.3) is 6.29 Å². The van der Waals surface area contributed by atoms with Gasteiger partial charge in [-0.3, -0.25) is 4.79 Å². The van der Waals surface area contributed by atoms with E-state index in [9.17, 15) is 4.79 Å². The molecule has 0 aliphatic carbocycles. The van der Waals surface area contributed by atoms with E-state index in [-0.39, 0.29) is 12.3 Å². The van der Waals surface area contributed by atoms with Crippen LogP contribution in [0.3, 0.4) is 0 Å². The van der Waals surface area contributed by atoms with Gasteiger partial charge in [0.2, 0.25) is 0 Å². The van der Waals surface area contributed by atoms with Gasteiger partial charge in [-0.1, -0.05) is 12.1 Å². The molecule has 1 aliphatic rings. The maximum absolute atomic E-state index is 11.2. The Balaban J connectivity index is 2.14. The van der Waals surface area contributed by atoms with Crippen LogP contribution < -0.4 is 0 Å². The lowest BCUT2D eigenvalue weighted by Gasteiger charge is -2.17. The molecule has 4 heteroatoms. The van der Waals surface area contributed by atoms with Crippen LogP contribution in [0.4, 0.5) is 0 Å². The first-order chi connectivity index (χ1) is 9.11. The van der Waals surface area contributed by atoms with E-state index in [4.69, 9.17) is 9.47 Å². The molecule has 0 N–H and O–H groups in total. The van der Waals surface area contributed by atoms with Crippen molar-refractivity contribution >= 4 is 5.97 Å². The van der Waals surface area contributed by atoms with Crippen molar-refractivity contribution in [3.05, 3.63) is 46.9 Å². The second-order valence-corrected chi connectivity index (χ2v) is 4.60. The van der Waals surface area contributed by atoms with Crippen LogP contribution in [0.25, 0.3) is 0 Å². The highest BCUT2D eigenvalue weighted by atomic mass is 16.7. The van der Waals surface area contributed by atoms with Crippen LogP contribution in [0, 0.1) is 13.8 Å². The molecular formula is C15H18O4. The molecule has 102 valence electrons. The molecule has 2 rings (SSSR count). The van der Waals surface area contributed by atoms with E-state index in [2.05, 4.69) is 16.9 Å². The molecule has 0 saturated heterocycles. The fourth-order valence-corrected chi connectivity index (χ4v) is 2.30. The van der Waals surface area contributed by atoms with Gasteiger partial charge in [-0.15, -0.1) is 0 Å². The molecule has 1 heterocycles. The van der Waals surface area contributed by atoms with Crippen LogP contribution in [0.2, 0.25) is 0 Å². The first-order valence-electron chi connectivity index (χ1n) is 6.24. The summed E-state index contributed by atoms with van der Waals surface area (Å²) in [4.78, 5) is 11.2. The van der Waals surface area contributed by atoms with Gasteiger partial charge in [0.15, 0.2) is 0 Å². The van der Waals surface area contributed by atoms with E-state index in [1.807, 2.05) is 13.8 Å². The van der Waals surface area contributed by atoms with E-state index in [0.29, 0.717) is 12.8 Å². The number of hydrogen-bond acceptors (Lipinski definition) is 4. The largest absolute Gasteiger partial charge is 0.469 e. The number of methoxy groups -OCH3 is 1. The van der Waals surface area contributed by atoms with Crippen molar-refractivity contribution in [2.75, 3.05) is 7.11 Å². The van der Waals surface area contributed by atoms with Crippen molar-refractivity contribution in [1.82, 2.24) is 0 Å². The van der Waals surface area contributed by atoms with E-state index in [1.54, 1.807) is 12.5 Å². The molecule has 0 bridgehead atoms. The van der Waals surface area contributed by atoms with E-state index in [0.717, 1.165) is 22.3 Å². The zero-order chi connectivity index (χ0) is 13.8. The second kappa shape index (κ2) is 5.78. The Morgan fingerprint density at radius 2 is 1.79 bits per heavy atom. The molecule has 1 aromatic rings. The zero-order valence-electron chi connectivity index (χ0n) is 11.4. The molecule has 19 heavy (non-hydrogen) atoms. The SMILES string of the molecule is COC(=O)CCc1cc(C)c(C2OC=CO2)c(C)c1. The maximum atomic E-state index is 11.2. The molecule has 0 aromatic heterocycles. The van der Waals surface area contributed by atoms with Gasteiger partial charge in [-0.25, -0.2) is 0 Å². The van der Waals surface area contributed by atoms with E-state index in [1.165, 1.54) is 7.11 Å². The summed E-state index contributed by atoms with van der Waals surface area (Å²) in [7, 11) is 1.41. The minimum Gasteiger partial charge on any atom is -0.469 e. The van der Waals surface area contributed by atoms with E-state index >= 15 is 0 Å². The minimum atomic E-state index is -0.352. The summed E-state index contributed by atoms with van der Waals surface area (Å²) >= 11 is 0. The maximum Gasteiger partial charge on any atom is 0.305 e. The molecule has 1 aliphatic heterocycles. The number of esters is 1. The summed E-state index contributed by atoms with van der Waals surface area (Å²) < 4.78 is 15.4. The number of carbonyl (C=O) groups is 1. The highest BCUT2D eigenvalue weighted by molar-refractivity contribution is 5.69. The third-order valence-corrected chi connectivity index (χ3v) is 3.19. The van der Waals surface area contributed by atoms with Gasteiger partial charge in [-0.05, 0) is 37.0 Å².